The summed E-state index contributed by atoms with van der Waals surface area (Å²) in [6.45, 7) is 2.60. The van der Waals surface area contributed by atoms with E-state index in [1.165, 1.54) is 6.07 Å². The van der Waals surface area contributed by atoms with E-state index in [2.05, 4.69) is 21.6 Å². The Balaban J connectivity index is 1.72. The number of H-pyrrole nitrogens is 1. The Labute approximate surface area is 126 Å². The van der Waals surface area contributed by atoms with Gasteiger partial charge in [0.2, 0.25) is 0 Å². The fraction of sp³-hybridized carbons (Fsp3) is 0.188. The third-order valence-corrected chi connectivity index (χ3v) is 4.34. The van der Waals surface area contributed by atoms with Crippen LogP contribution in [0.3, 0.4) is 0 Å². The molecule has 0 bridgehead atoms. The number of halogens is 1. The second-order valence-corrected chi connectivity index (χ2v) is 5.82. The summed E-state index contributed by atoms with van der Waals surface area (Å²) in [4.78, 5) is 1.16. The highest BCUT2D eigenvalue weighted by molar-refractivity contribution is 7.13. The molecule has 3 rings (SSSR count). The number of nitrogens with one attached hydrogen (secondary N) is 2. The second kappa shape index (κ2) is 6.20. The van der Waals surface area contributed by atoms with Gasteiger partial charge in [-0.15, -0.1) is 11.3 Å². The summed E-state index contributed by atoms with van der Waals surface area (Å²) in [5.41, 5.74) is 2.79. The fourth-order valence-electron chi connectivity index (χ4n) is 2.28. The van der Waals surface area contributed by atoms with E-state index in [4.69, 9.17) is 0 Å². The lowest BCUT2D eigenvalue weighted by Gasteiger charge is -2.14. The number of hydrogen-bond acceptors (Lipinski definition) is 3. The Morgan fingerprint density at radius 1 is 1.29 bits per heavy atom. The van der Waals surface area contributed by atoms with Gasteiger partial charge in [0.05, 0.1) is 16.8 Å². The topological polar surface area (TPSA) is 40.7 Å². The summed E-state index contributed by atoms with van der Waals surface area (Å²) in [5.74, 6) is -0.178. The van der Waals surface area contributed by atoms with Crippen LogP contribution in [0.1, 0.15) is 24.1 Å². The lowest BCUT2D eigenvalue weighted by Crippen LogP contribution is -2.19. The molecule has 3 nitrogen and oxygen atoms in total. The van der Waals surface area contributed by atoms with Crippen LogP contribution in [0.25, 0.3) is 10.6 Å². The normalized spacial score (nSPS) is 12.5. The molecular weight excluding hydrogens is 285 g/mol. The van der Waals surface area contributed by atoms with Crippen LogP contribution in [-0.2, 0) is 6.54 Å². The molecule has 3 aromatic rings. The molecule has 5 heteroatoms. The van der Waals surface area contributed by atoms with Crippen molar-refractivity contribution in [3.63, 3.8) is 0 Å². The summed E-state index contributed by atoms with van der Waals surface area (Å²) in [6.07, 6.45) is 1.82. The van der Waals surface area contributed by atoms with Gasteiger partial charge < -0.3 is 5.32 Å². The quantitative estimate of drug-likeness (QED) is 0.744. The highest BCUT2D eigenvalue weighted by atomic mass is 32.1. The number of aromatic nitrogens is 2. The summed E-state index contributed by atoms with van der Waals surface area (Å²) in [7, 11) is 0. The zero-order valence-electron chi connectivity index (χ0n) is 11.6. The maximum absolute atomic E-state index is 13.8. The average Bonchev–Trinajstić information content (AvgIpc) is 3.16. The standard InChI is InChI=1S/C16H16FN3S/c1-11(13-5-2-3-6-14(13)17)18-9-12-10-19-20-16(12)15-7-4-8-21-15/h2-8,10-11,18H,9H2,1H3,(H,19,20)/t11-/m1/s1. The highest BCUT2D eigenvalue weighted by Crippen LogP contribution is 2.26. The first-order valence-corrected chi connectivity index (χ1v) is 7.67. The van der Waals surface area contributed by atoms with Crippen molar-refractivity contribution in [1.29, 1.82) is 0 Å². The van der Waals surface area contributed by atoms with Gasteiger partial charge in [-0.1, -0.05) is 24.3 Å². The molecule has 0 unspecified atom stereocenters. The first kappa shape index (κ1) is 14.0. The number of hydrogen-bond donors (Lipinski definition) is 2. The molecule has 0 fully saturated rings. The van der Waals surface area contributed by atoms with Crippen molar-refractivity contribution >= 4 is 11.3 Å². The maximum atomic E-state index is 13.8. The van der Waals surface area contributed by atoms with Crippen LogP contribution >= 0.6 is 11.3 Å². The van der Waals surface area contributed by atoms with Gasteiger partial charge in [0, 0.05) is 23.7 Å². The predicted molar refractivity (Wildman–Crippen MR) is 83.6 cm³/mol. The van der Waals surface area contributed by atoms with E-state index >= 15 is 0 Å². The zero-order chi connectivity index (χ0) is 14.7. The van der Waals surface area contributed by atoms with E-state index in [0.717, 1.165) is 16.1 Å². The SMILES string of the molecule is C[C@@H](NCc1cn[nH]c1-c1cccs1)c1ccccc1F. The average molecular weight is 301 g/mol. The first-order valence-electron chi connectivity index (χ1n) is 6.79. The van der Waals surface area contributed by atoms with E-state index in [1.807, 2.05) is 36.7 Å². The molecule has 0 aliphatic rings. The monoisotopic (exact) mass is 301 g/mol. The third-order valence-electron chi connectivity index (χ3n) is 3.46. The zero-order valence-corrected chi connectivity index (χ0v) is 12.5. The Morgan fingerprint density at radius 3 is 2.90 bits per heavy atom. The molecule has 0 radical (unpaired) electrons. The number of rotatable bonds is 5. The van der Waals surface area contributed by atoms with Crippen LogP contribution in [0.5, 0.6) is 0 Å². The molecule has 0 saturated carbocycles. The molecule has 1 atom stereocenters. The minimum atomic E-state index is -0.178. The summed E-state index contributed by atoms with van der Waals surface area (Å²) < 4.78 is 13.8. The smallest absolute Gasteiger partial charge is 0.127 e. The number of nitrogens with zero attached hydrogens (tertiary/aromatic N) is 1. The Hall–Kier alpha value is -1.98. The van der Waals surface area contributed by atoms with E-state index in [-0.39, 0.29) is 11.9 Å². The van der Waals surface area contributed by atoms with Crippen LogP contribution in [0.4, 0.5) is 4.39 Å². The minimum absolute atomic E-state index is 0.0581. The van der Waals surface area contributed by atoms with Gasteiger partial charge in [-0.2, -0.15) is 5.10 Å². The van der Waals surface area contributed by atoms with Crippen molar-refractivity contribution in [2.75, 3.05) is 0 Å². The molecule has 21 heavy (non-hydrogen) atoms. The molecular formula is C16H16FN3S. The van der Waals surface area contributed by atoms with Gasteiger partial charge in [-0.3, -0.25) is 5.10 Å². The first-order chi connectivity index (χ1) is 10.3. The lowest BCUT2D eigenvalue weighted by molar-refractivity contribution is 0.528. The Morgan fingerprint density at radius 2 is 2.14 bits per heavy atom. The van der Waals surface area contributed by atoms with E-state index < -0.39 is 0 Å². The number of benzene rings is 1. The van der Waals surface area contributed by atoms with Gasteiger partial charge in [0.1, 0.15) is 5.82 Å². The third kappa shape index (κ3) is 3.04. The molecule has 2 aromatic heterocycles. The highest BCUT2D eigenvalue weighted by Gasteiger charge is 2.12. The van der Waals surface area contributed by atoms with Gasteiger partial charge in [0.15, 0.2) is 0 Å². The van der Waals surface area contributed by atoms with E-state index in [9.17, 15) is 4.39 Å². The number of thiophene rings is 1. The molecule has 1 aromatic carbocycles. The van der Waals surface area contributed by atoms with Gasteiger partial charge in [-0.25, -0.2) is 4.39 Å². The summed E-state index contributed by atoms with van der Waals surface area (Å²) in [6, 6.07) is 10.9. The molecule has 0 aliphatic heterocycles. The summed E-state index contributed by atoms with van der Waals surface area (Å²) in [5, 5.41) is 12.5. The molecule has 108 valence electrons. The van der Waals surface area contributed by atoms with Gasteiger partial charge >= 0.3 is 0 Å². The minimum Gasteiger partial charge on any atom is -0.306 e. The van der Waals surface area contributed by atoms with Crippen molar-refractivity contribution in [2.24, 2.45) is 0 Å². The molecule has 0 aliphatic carbocycles. The molecule has 0 spiro atoms. The van der Waals surface area contributed by atoms with Crippen molar-refractivity contribution in [3.05, 3.63) is 64.9 Å². The van der Waals surface area contributed by atoms with Crippen LogP contribution in [0.15, 0.2) is 48.0 Å². The van der Waals surface area contributed by atoms with Crippen LogP contribution < -0.4 is 5.32 Å². The Kier molecular flexibility index (Phi) is 4.13. The van der Waals surface area contributed by atoms with Crippen molar-refractivity contribution in [1.82, 2.24) is 15.5 Å². The fourth-order valence-corrected chi connectivity index (χ4v) is 3.03. The summed E-state index contributed by atoms with van der Waals surface area (Å²) >= 11 is 1.67. The van der Waals surface area contributed by atoms with Crippen LogP contribution in [0.2, 0.25) is 0 Å². The van der Waals surface area contributed by atoms with Crippen molar-refractivity contribution in [2.45, 2.75) is 19.5 Å². The van der Waals surface area contributed by atoms with Crippen molar-refractivity contribution < 1.29 is 4.39 Å². The van der Waals surface area contributed by atoms with Gasteiger partial charge in [0.25, 0.3) is 0 Å². The second-order valence-electron chi connectivity index (χ2n) is 4.87. The lowest BCUT2D eigenvalue weighted by atomic mass is 10.1. The molecule has 2 N–H and O–H groups in total. The molecule has 0 saturated heterocycles. The number of aromatic amines is 1. The van der Waals surface area contributed by atoms with Crippen LogP contribution in [-0.4, -0.2) is 10.2 Å². The van der Waals surface area contributed by atoms with Crippen LogP contribution in [0, 0.1) is 5.82 Å². The maximum Gasteiger partial charge on any atom is 0.127 e. The van der Waals surface area contributed by atoms with Gasteiger partial charge in [-0.05, 0) is 24.4 Å². The van der Waals surface area contributed by atoms with Crippen molar-refractivity contribution in [3.8, 4) is 10.6 Å². The van der Waals surface area contributed by atoms with E-state index in [0.29, 0.717) is 12.1 Å². The van der Waals surface area contributed by atoms with E-state index in [1.54, 1.807) is 17.4 Å². The largest absolute Gasteiger partial charge is 0.306 e. The predicted octanol–water partition coefficient (Wildman–Crippen LogP) is 4.13. The molecule has 0 amide bonds. The Bertz CT molecular complexity index is 706. The molecule has 2 heterocycles.